The third-order valence-electron chi connectivity index (χ3n) is 9.53. The lowest BCUT2D eigenvalue weighted by atomic mass is 9.88. The maximum Gasteiger partial charge on any atom is 0.329 e. The SMILES string of the molecule is C=CCC1/C=C(\C)CCOC(=O)C2CO[C@](C)(C2)C(=O)C(=O)N2CCCC[C@H]2C(=O)OC(CCc2cccnc2)C(C)CCC1=O. The molecule has 10 heteroatoms. The average Bonchev–Trinajstić information content (AvgIpc) is 3.47. The normalized spacial score (nSPS) is 32.0. The van der Waals surface area contributed by atoms with Gasteiger partial charge in [-0.2, -0.15) is 0 Å². The van der Waals surface area contributed by atoms with Gasteiger partial charge in [-0.25, -0.2) is 4.79 Å². The van der Waals surface area contributed by atoms with Gasteiger partial charge in [0.1, 0.15) is 23.5 Å². The first-order valence-corrected chi connectivity index (χ1v) is 16.6. The van der Waals surface area contributed by atoms with Crippen molar-refractivity contribution in [2.24, 2.45) is 17.8 Å². The number of cyclic esters (lactones) is 2. The highest BCUT2D eigenvalue weighted by Gasteiger charge is 2.50. The molecule has 1 aromatic rings. The van der Waals surface area contributed by atoms with E-state index in [-0.39, 0.29) is 43.8 Å². The zero-order valence-corrected chi connectivity index (χ0v) is 27.4. The number of nitrogens with zero attached hydrogens (tertiary/aromatic N) is 2. The summed E-state index contributed by atoms with van der Waals surface area (Å²) in [5.74, 6) is -3.76. The quantitative estimate of drug-likeness (QED) is 0.256. The number of rotatable bonds is 5. The molecule has 4 unspecified atom stereocenters. The summed E-state index contributed by atoms with van der Waals surface area (Å²) in [5, 5.41) is 0. The van der Waals surface area contributed by atoms with Crippen molar-refractivity contribution in [1.82, 2.24) is 9.88 Å². The van der Waals surface area contributed by atoms with E-state index in [4.69, 9.17) is 14.2 Å². The van der Waals surface area contributed by atoms with E-state index in [2.05, 4.69) is 11.6 Å². The predicted octanol–water partition coefficient (Wildman–Crippen LogP) is 4.74. The van der Waals surface area contributed by atoms with Gasteiger partial charge < -0.3 is 19.1 Å². The number of hydrogen-bond acceptors (Lipinski definition) is 9. The number of ketones is 2. The number of pyridine rings is 1. The highest BCUT2D eigenvalue weighted by atomic mass is 16.6. The highest BCUT2D eigenvalue weighted by Crippen LogP contribution is 2.33. The van der Waals surface area contributed by atoms with Crippen molar-refractivity contribution in [2.75, 3.05) is 19.8 Å². The summed E-state index contributed by atoms with van der Waals surface area (Å²) in [4.78, 5) is 72.8. The zero-order valence-electron chi connectivity index (χ0n) is 27.4. The number of hydrogen-bond donors (Lipinski definition) is 0. The fourth-order valence-electron chi connectivity index (χ4n) is 6.57. The molecule has 0 saturated carbocycles. The molecule has 4 heterocycles. The Labute approximate surface area is 271 Å². The molecule has 10 nitrogen and oxygen atoms in total. The number of aromatic nitrogens is 1. The molecule has 2 bridgehead atoms. The van der Waals surface area contributed by atoms with Crippen LogP contribution in [0.2, 0.25) is 0 Å². The molecule has 0 radical (unpaired) electrons. The van der Waals surface area contributed by atoms with Crippen molar-refractivity contribution >= 4 is 29.4 Å². The van der Waals surface area contributed by atoms with Crippen LogP contribution < -0.4 is 0 Å². The third kappa shape index (κ3) is 8.99. The Morgan fingerprint density at radius 3 is 2.65 bits per heavy atom. The number of allylic oxidation sites excluding steroid dienone is 2. The molecule has 0 spiro atoms. The second kappa shape index (κ2) is 16.3. The Balaban J connectivity index is 1.61. The van der Waals surface area contributed by atoms with Gasteiger partial charge in [-0.1, -0.05) is 30.7 Å². The van der Waals surface area contributed by atoms with Crippen molar-refractivity contribution < 1.29 is 38.2 Å². The molecule has 250 valence electrons. The maximum absolute atomic E-state index is 13.8. The van der Waals surface area contributed by atoms with Crippen LogP contribution in [0.3, 0.4) is 0 Å². The first-order valence-electron chi connectivity index (χ1n) is 16.6. The minimum absolute atomic E-state index is 0.0119. The van der Waals surface area contributed by atoms with Crippen LogP contribution in [-0.2, 0) is 44.6 Å². The van der Waals surface area contributed by atoms with Crippen LogP contribution >= 0.6 is 0 Å². The molecule has 1 aromatic heterocycles. The summed E-state index contributed by atoms with van der Waals surface area (Å²) in [6, 6.07) is 2.91. The monoisotopic (exact) mass is 636 g/mol. The smallest absolute Gasteiger partial charge is 0.329 e. The van der Waals surface area contributed by atoms with Crippen molar-refractivity contribution in [2.45, 2.75) is 103 Å². The Morgan fingerprint density at radius 2 is 1.91 bits per heavy atom. The third-order valence-corrected chi connectivity index (χ3v) is 9.53. The first-order chi connectivity index (χ1) is 22.0. The molecular weight excluding hydrogens is 588 g/mol. The van der Waals surface area contributed by atoms with Crippen molar-refractivity contribution in [3.8, 4) is 0 Å². The average molecular weight is 637 g/mol. The van der Waals surface area contributed by atoms with Crippen LogP contribution in [0.4, 0.5) is 0 Å². The molecular formula is C36H48N2O8. The number of amides is 1. The number of carbonyl (C=O) groups excluding carboxylic acids is 5. The summed E-state index contributed by atoms with van der Waals surface area (Å²) in [7, 11) is 0. The number of Topliss-reactive ketones (excluding diaryl/α,β-unsaturated/α-hetero) is 2. The second-order valence-corrected chi connectivity index (χ2v) is 13.2. The van der Waals surface area contributed by atoms with Crippen LogP contribution in [0.15, 0.2) is 48.8 Å². The number of ether oxygens (including phenoxy) is 3. The molecule has 3 aliphatic heterocycles. The lowest BCUT2D eigenvalue weighted by molar-refractivity contribution is -0.167. The minimum Gasteiger partial charge on any atom is -0.465 e. The molecule has 1 amide bonds. The van der Waals surface area contributed by atoms with E-state index in [0.717, 1.165) is 11.1 Å². The molecule has 0 aliphatic carbocycles. The summed E-state index contributed by atoms with van der Waals surface area (Å²) in [6.45, 7) is 9.56. The van der Waals surface area contributed by atoms with E-state index >= 15 is 0 Å². The van der Waals surface area contributed by atoms with Crippen molar-refractivity contribution in [3.05, 3.63) is 54.4 Å². The standard InChI is InChI=1S/C36H48N2O8/c1-5-9-27-20-24(2)16-19-44-34(42)28-21-36(4,45-23-28)32(40)33(41)38-18-7-6-11-29(38)35(43)46-31(25(3)12-14-30(27)39)15-13-26-10-8-17-37-22-26/h5,8,10,17,20,22,25,27-29,31H,1,6-7,9,11-16,18-19,21,23H2,2-4H3/b24-20+/t25?,27?,28?,29-,31?,36+/m0/s1. The van der Waals surface area contributed by atoms with E-state index in [1.165, 1.54) is 11.8 Å². The van der Waals surface area contributed by atoms with Gasteiger partial charge in [-0.3, -0.25) is 24.2 Å². The molecule has 2 fully saturated rings. The van der Waals surface area contributed by atoms with Crippen LogP contribution in [-0.4, -0.2) is 76.8 Å². The lowest BCUT2D eigenvalue weighted by Gasteiger charge is -2.36. The van der Waals surface area contributed by atoms with Crippen molar-refractivity contribution in [3.63, 3.8) is 0 Å². The van der Waals surface area contributed by atoms with E-state index in [0.29, 0.717) is 57.8 Å². The number of carbonyl (C=O) groups is 5. The molecule has 46 heavy (non-hydrogen) atoms. The van der Waals surface area contributed by atoms with Crippen molar-refractivity contribution in [1.29, 1.82) is 0 Å². The fourth-order valence-corrected chi connectivity index (χ4v) is 6.57. The summed E-state index contributed by atoms with van der Waals surface area (Å²) >= 11 is 0. The minimum atomic E-state index is -1.50. The first kappa shape index (κ1) is 35.2. The number of aryl methyl sites for hydroxylation is 1. The number of fused-ring (bicyclic) bond motifs is 3. The summed E-state index contributed by atoms with van der Waals surface area (Å²) in [6.07, 6.45) is 11.2. The molecule has 6 atom stereocenters. The second-order valence-electron chi connectivity index (χ2n) is 13.2. The maximum atomic E-state index is 13.8. The largest absolute Gasteiger partial charge is 0.465 e. The number of piperidine rings is 1. The molecule has 4 rings (SSSR count). The van der Waals surface area contributed by atoms with Gasteiger partial charge in [0, 0.05) is 37.7 Å². The van der Waals surface area contributed by atoms with Gasteiger partial charge in [-0.15, -0.1) is 6.58 Å². The van der Waals surface area contributed by atoms with Crippen LogP contribution in [0.5, 0.6) is 0 Å². The van der Waals surface area contributed by atoms with E-state index in [9.17, 15) is 24.0 Å². The number of esters is 2. The van der Waals surface area contributed by atoms with Gasteiger partial charge in [-0.05, 0) is 82.8 Å². The lowest BCUT2D eigenvalue weighted by Crippen LogP contribution is -2.55. The van der Waals surface area contributed by atoms with Crippen LogP contribution in [0.1, 0.15) is 84.1 Å². The van der Waals surface area contributed by atoms with E-state index < -0.39 is 47.3 Å². The summed E-state index contributed by atoms with van der Waals surface area (Å²) < 4.78 is 17.5. The van der Waals surface area contributed by atoms with Gasteiger partial charge in [0.25, 0.3) is 11.7 Å². The Kier molecular flexibility index (Phi) is 12.4. The summed E-state index contributed by atoms with van der Waals surface area (Å²) in [5.41, 5.74) is 0.418. The van der Waals surface area contributed by atoms with Gasteiger partial charge in [0.2, 0.25) is 0 Å². The zero-order chi connectivity index (χ0) is 33.3. The molecule has 3 aliphatic rings. The Hall–Kier alpha value is -3.66. The van der Waals surface area contributed by atoms with Crippen LogP contribution in [0.25, 0.3) is 0 Å². The topological polar surface area (TPSA) is 129 Å². The fraction of sp³-hybridized carbons (Fsp3) is 0.611. The molecule has 0 N–H and O–H groups in total. The molecule has 2 saturated heterocycles. The van der Waals surface area contributed by atoms with E-state index in [1.54, 1.807) is 18.5 Å². The Morgan fingerprint density at radius 1 is 1.11 bits per heavy atom. The molecule has 0 aromatic carbocycles. The van der Waals surface area contributed by atoms with Gasteiger partial charge in [0.05, 0.1) is 19.1 Å². The van der Waals surface area contributed by atoms with Crippen LogP contribution in [0, 0.1) is 17.8 Å². The highest BCUT2D eigenvalue weighted by molar-refractivity contribution is 6.39. The predicted molar refractivity (Wildman–Crippen MR) is 170 cm³/mol. The Bertz CT molecular complexity index is 1310. The van der Waals surface area contributed by atoms with E-state index in [1.807, 2.05) is 32.1 Å². The van der Waals surface area contributed by atoms with Gasteiger partial charge in [0.15, 0.2) is 0 Å². The van der Waals surface area contributed by atoms with Gasteiger partial charge >= 0.3 is 11.9 Å².